The van der Waals surface area contributed by atoms with Crippen LogP contribution in [0.15, 0.2) is 83.9 Å². The molecule has 106 valence electrons. The molecule has 0 aromatic rings. The van der Waals surface area contributed by atoms with Crippen molar-refractivity contribution in [3.63, 3.8) is 0 Å². The van der Waals surface area contributed by atoms with E-state index in [2.05, 4.69) is 43.0 Å². The van der Waals surface area contributed by atoms with Crippen LogP contribution in [0.2, 0.25) is 0 Å². The molecule has 0 radical (unpaired) electrons. The highest BCUT2D eigenvalue weighted by Gasteiger charge is 2.12. The molecule has 0 amide bonds. The Morgan fingerprint density at radius 3 is 2.15 bits per heavy atom. The van der Waals surface area contributed by atoms with E-state index in [1.807, 2.05) is 0 Å². The van der Waals surface area contributed by atoms with Crippen molar-refractivity contribution in [2.45, 2.75) is 6.92 Å². The first-order valence-electron chi connectivity index (χ1n) is 5.88. The van der Waals surface area contributed by atoms with Crippen LogP contribution in [0.1, 0.15) is 6.92 Å². The molecule has 0 spiro atoms. The summed E-state index contributed by atoms with van der Waals surface area (Å²) in [7, 11) is 1.69. The second-order valence-electron chi connectivity index (χ2n) is 3.95. The van der Waals surface area contributed by atoms with Gasteiger partial charge in [-0.25, -0.2) is 4.99 Å². The van der Waals surface area contributed by atoms with Crippen LogP contribution in [0.25, 0.3) is 0 Å². The quantitative estimate of drug-likeness (QED) is 0.316. The Hall–Kier alpha value is -2.62. The average Bonchev–Trinajstić information content (AvgIpc) is 2.38. The van der Waals surface area contributed by atoms with Crippen LogP contribution in [-0.4, -0.2) is 29.1 Å². The predicted octanol–water partition coefficient (Wildman–Crippen LogP) is 3.76. The van der Waals surface area contributed by atoms with Gasteiger partial charge in [-0.1, -0.05) is 45.0 Å². The monoisotopic (exact) mass is 271 g/mol. The number of nitrogens with zero attached hydrogens (tertiary/aromatic N) is 3. The molecule has 1 N–H and O–H groups in total. The molecule has 4 nitrogen and oxygen atoms in total. The van der Waals surface area contributed by atoms with E-state index in [0.29, 0.717) is 22.7 Å². The smallest absolute Gasteiger partial charge is 0.141 e. The van der Waals surface area contributed by atoms with Crippen molar-refractivity contribution in [3.8, 4) is 0 Å². The zero-order valence-electron chi connectivity index (χ0n) is 12.1. The van der Waals surface area contributed by atoms with Crippen LogP contribution in [0.5, 0.6) is 0 Å². The van der Waals surface area contributed by atoms with E-state index in [0.717, 1.165) is 0 Å². The van der Waals surface area contributed by atoms with E-state index in [-0.39, 0.29) is 5.76 Å². The molecule has 0 heterocycles. The molecule has 0 aromatic carbocycles. The van der Waals surface area contributed by atoms with E-state index in [4.69, 9.17) is 0 Å². The zero-order chi connectivity index (χ0) is 15.7. The summed E-state index contributed by atoms with van der Waals surface area (Å²) < 4.78 is 0. The number of aliphatic imine (C=N–C) groups is 1. The summed E-state index contributed by atoms with van der Waals surface area (Å²) in [4.78, 5) is 4.03. The molecule has 4 heteroatoms. The fourth-order valence-electron chi connectivity index (χ4n) is 1.23. The Bertz CT molecular complexity index is 522. The molecule has 0 aliphatic rings. The van der Waals surface area contributed by atoms with Gasteiger partial charge in [-0.3, -0.25) is 5.01 Å². The lowest BCUT2D eigenvalue weighted by atomic mass is 10.0. The van der Waals surface area contributed by atoms with Crippen LogP contribution in [0, 0.1) is 0 Å². The number of aliphatic hydroxyl groups is 1. The molecule has 0 aromatic heterocycles. The number of aliphatic hydroxyl groups excluding tert-OH is 1. The standard InChI is InChI=1S/C16H21N3O/c1-8-10-15(13(5)20)16(12(3)4)18-19(7)14(6)17-11-9-2/h8-11,20H,1-3,5-6H2,4,7H3/b15-10+,17-11-,18-16+. The maximum atomic E-state index is 9.64. The SMILES string of the molecule is C=C/C=N\C(=C)N(C)/N=C(C(=C)C)/C(=C/C=C)C(=C)O. The summed E-state index contributed by atoms with van der Waals surface area (Å²) in [6.07, 6.45) is 6.21. The van der Waals surface area contributed by atoms with Gasteiger partial charge in [-0.05, 0) is 18.6 Å². The Labute approximate surface area is 120 Å². The number of hydrogen-bond donors (Lipinski definition) is 1. The number of hydrogen-bond acceptors (Lipinski definition) is 4. The van der Waals surface area contributed by atoms with Crippen molar-refractivity contribution < 1.29 is 5.11 Å². The lowest BCUT2D eigenvalue weighted by Gasteiger charge is -2.16. The Balaban J connectivity index is 5.58. The van der Waals surface area contributed by atoms with Crippen LogP contribution >= 0.6 is 0 Å². The van der Waals surface area contributed by atoms with Crippen molar-refractivity contribution in [1.29, 1.82) is 0 Å². The zero-order valence-corrected chi connectivity index (χ0v) is 12.1. The Kier molecular flexibility index (Phi) is 7.37. The lowest BCUT2D eigenvalue weighted by Crippen LogP contribution is -2.15. The van der Waals surface area contributed by atoms with E-state index in [1.54, 1.807) is 32.2 Å². The molecule has 0 unspecified atom stereocenters. The molecule has 0 atom stereocenters. The van der Waals surface area contributed by atoms with Crippen LogP contribution in [0.4, 0.5) is 0 Å². The van der Waals surface area contributed by atoms with Gasteiger partial charge in [0.25, 0.3) is 0 Å². The lowest BCUT2D eigenvalue weighted by molar-refractivity contribution is 0.426. The summed E-state index contributed by atoms with van der Waals surface area (Å²) in [6, 6.07) is 0. The van der Waals surface area contributed by atoms with Gasteiger partial charge in [0.15, 0.2) is 0 Å². The highest BCUT2D eigenvalue weighted by Crippen LogP contribution is 2.15. The molecule has 0 saturated carbocycles. The second kappa shape index (κ2) is 8.48. The first kappa shape index (κ1) is 17.4. The topological polar surface area (TPSA) is 48.2 Å². The highest BCUT2D eigenvalue weighted by molar-refractivity contribution is 6.14. The maximum absolute atomic E-state index is 9.64. The van der Waals surface area contributed by atoms with Gasteiger partial charge in [0.2, 0.25) is 0 Å². The van der Waals surface area contributed by atoms with Gasteiger partial charge in [0.05, 0.1) is 5.71 Å². The molecule has 0 rings (SSSR count). The third-order valence-electron chi connectivity index (χ3n) is 2.21. The summed E-state index contributed by atoms with van der Waals surface area (Å²) in [5, 5.41) is 15.5. The normalized spacial score (nSPS) is 12.1. The second-order valence-corrected chi connectivity index (χ2v) is 3.95. The van der Waals surface area contributed by atoms with Crippen molar-refractivity contribution in [3.05, 3.63) is 73.8 Å². The minimum Gasteiger partial charge on any atom is -0.508 e. The van der Waals surface area contributed by atoms with Crippen LogP contribution < -0.4 is 0 Å². The molecule has 0 fully saturated rings. The highest BCUT2D eigenvalue weighted by atomic mass is 16.3. The fourth-order valence-corrected chi connectivity index (χ4v) is 1.23. The maximum Gasteiger partial charge on any atom is 0.141 e. The minimum absolute atomic E-state index is 0.111. The van der Waals surface area contributed by atoms with Gasteiger partial charge in [-0.2, -0.15) is 5.10 Å². The van der Waals surface area contributed by atoms with Crippen molar-refractivity contribution >= 4 is 11.9 Å². The first-order valence-corrected chi connectivity index (χ1v) is 5.88. The minimum atomic E-state index is -0.111. The molecular weight excluding hydrogens is 250 g/mol. The summed E-state index contributed by atoms with van der Waals surface area (Å²) in [5.74, 6) is 0.311. The molecule has 0 bridgehead atoms. The predicted molar refractivity (Wildman–Crippen MR) is 87.9 cm³/mol. The summed E-state index contributed by atoms with van der Waals surface area (Å²) in [5.41, 5.74) is 1.59. The molecular formula is C16H21N3O. The average molecular weight is 271 g/mol. The fraction of sp³-hybridized carbons (Fsp3) is 0.125. The van der Waals surface area contributed by atoms with Crippen molar-refractivity contribution in [1.82, 2.24) is 5.01 Å². The van der Waals surface area contributed by atoms with Crippen LogP contribution in [0.3, 0.4) is 0 Å². The van der Waals surface area contributed by atoms with E-state index in [9.17, 15) is 5.11 Å². The van der Waals surface area contributed by atoms with Crippen LogP contribution in [-0.2, 0) is 0 Å². The van der Waals surface area contributed by atoms with Gasteiger partial charge in [-0.15, -0.1) is 0 Å². The van der Waals surface area contributed by atoms with E-state index >= 15 is 0 Å². The van der Waals surface area contributed by atoms with Gasteiger partial charge < -0.3 is 5.11 Å². The largest absolute Gasteiger partial charge is 0.508 e. The molecule has 0 aliphatic heterocycles. The van der Waals surface area contributed by atoms with Crippen molar-refractivity contribution in [2.24, 2.45) is 10.1 Å². The van der Waals surface area contributed by atoms with E-state index < -0.39 is 0 Å². The van der Waals surface area contributed by atoms with Crippen molar-refractivity contribution in [2.75, 3.05) is 7.05 Å². The van der Waals surface area contributed by atoms with Gasteiger partial charge >= 0.3 is 0 Å². The number of hydrazone groups is 1. The molecule has 20 heavy (non-hydrogen) atoms. The third-order valence-corrected chi connectivity index (χ3v) is 2.21. The third kappa shape index (κ3) is 5.35. The van der Waals surface area contributed by atoms with Gasteiger partial charge in [0, 0.05) is 18.8 Å². The first-order chi connectivity index (χ1) is 9.34. The Morgan fingerprint density at radius 2 is 1.75 bits per heavy atom. The molecule has 0 aliphatic carbocycles. The summed E-state index contributed by atoms with van der Waals surface area (Å²) in [6.45, 7) is 20.0. The Morgan fingerprint density at radius 1 is 1.15 bits per heavy atom. The van der Waals surface area contributed by atoms with Gasteiger partial charge in [0.1, 0.15) is 11.6 Å². The summed E-state index contributed by atoms with van der Waals surface area (Å²) >= 11 is 0. The molecule has 0 saturated heterocycles. The number of allylic oxidation sites excluding steroid dienone is 5. The van der Waals surface area contributed by atoms with E-state index in [1.165, 1.54) is 11.2 Å². The number of rotatable bonds is 8.